The molecule has 0 heterocycles. The second kappa shape index (κ2) is 5.85. The van der Waals surface area contributed by atoms with E-state index in [1.54, 1.807) is 13.0 Å². The summed E-state index contributed by atoms with van der Waals surface area (Å²) < 4.78 is 28.3. The van der Waals surface area contributed by atoms with Crippen molar-refractivity contribution < 1.29 is 18.3 Å². The molecule has 0 radical (unpaired) electrons. The van der Waals surface area contributed by atoms with E-state index >= 15 is 0 Å². The SMILES string of the molecule is Cc1ccc(S(=O)(=O)Nc2ccc3c4c(cccc24)CC3)cc1C(=O)O. The summed E-state index contributed by atoms with van der Waals surface area (Å²) in [6.45, 7) is 1.64. The lowest BCUT2D eigenvalue weighted by atomic mass is 10.0. The topological polar surface area (TPSA) is 83.5 Å². The van der Waals surface area contributed by atoms with E-state index in [2.05, 4.69) is 10.8 Å². The molecule has 1 aliphatic rings. The number of sulfonamides is 1. The van der Waals surface area contributed by atoms with Crippen molar-refractivity contribution in [1.29, 1.82) is 0 Å². The Hall–Kier alpha value is -2.86. The van der Waals surface area contributed by atoms with Gasteiger partial charge >= 0.3 is 5.97 Å². The van der Waals surface area contributed by atoms with Gasteiger partial charge in [0.25, 0.3) is 10.0 Å². The van der Waals surface area contributed by atoms with E-state index in [9.17, 15) is 18.3 Å². The zero-order valence-corrected chi connectivity index (χ0v) is 14.9. The molecular formula is C20H17NO4S. The smallest absolute Gasteiger partial charge is 0.335 e. The largest absolute Gasteiger partial charge is 0.478 e. The number of hydrogen-bond donors (Lipinski definition) is 2. The van der Waals surface area contributed by atoms with E-state index in [1.807, 2.05) is 18.2 Å². The van der Waals surface area contributed by atoms with Gasteiger partial charge in [-0.2, -0.15) is 0 Å². The molecule has 3 aromatic rings. The number of nitrogens with one attached hydrogen (secondary N) is 1. The van der Waals surface area contributed by atoms with Crippen molar-refractivity contribution in [2.45, 2.75) is 24.7 Å². The summed E-state index contributed by atoms with van der Waals surface area (Å²) in [6.07, 6.45) is 1.92. The molecular weight excluding hydrogens is 350 g/mol. The number of carboxylic acids is 1. The highest BCUT2D eigenvalue weighted by atomic mass is 32.2. The van der Waals surface area contributed by atoms with Gasteiger partial charge in [-0.3, -0.25) is 4.72 Å². The molecule has 0 aromatic heterocycles. The van der Waals surface area contributed by atoms with Crippen LogP contribution in [-0.4, -0.2) is 19.5 Å². The minimum Gasteiger partial charge on any atom is -0.478 e. The molecule has 26 heavy (non-hydrogen) atoms. The van der Waals surface area contributed by atoms with Gasteiger partial charge in [0.2, 0.25) is 0 Å². The third-order valence-corrected chi connectivity index (χ3v) is 6.23. The molecule has 0 aliphatic heterocycles. The molecule has 0 saturated heterocycles. The van der Waals surface area contributed by atoms with Crippen molar-refractivity contribution in [3.63, 3.8) is 0 Å². The molecule has 5 nitrogen and oxygen atoms in total. The van der Waals surface area contributed by atoms with Crippen molar-refractivity contribution >= 4 is 32.5 Å². The average molecular weight is 367 g/mol. The number of aryl methyl sites for hydroxylation is 3. The Morgan fingerprint density at radius 2 is 1.77 bits per heavy atom. The van der Waals surface area contributed by atoms with E-state index in [-0.39, 0.29) is 10.5 Å². The zero-order chi connectivity index (χ0) is 18.5. The molecule has 0 spiro atoms. The van der Waals surface area contributed by atoms with Crippen molar-refractivity contribution in [1.82, 2.24) is 0 Å². The lowest BCUT2D eigenvalue weighted by Crippen LogP contribution is -2.14. The van der Waals surface area contributed by atoms with Gasteiger partial charge < -0.3 is 5.11 Å². The van der Waals surface area contributed by atoms with Gasteiger partial charge in [-0.25, -0.2) is 13.2 Å². The number of aromatic carboxylic acids is 1. The third kappa shape index (κ3) is 2.63. The number of anilines is 1. The normalized spacial score (nSPS) is 13.1. The summed E-state index contributed by atoms with van der Waals surface area (Å²) >= 11 is 0. The number of hydrogen-bond acceptors (Lipinski definition) is 3. The van der Waals surface area contributed by atoms with Gasteiger partial charge in [-0.1, -0.05) is 30.3 Å². The minimum atomic E-state index is -3.90. The maximum atomic E-state index is 12.8. The van der Waals surface area contributed by atoms with E-state index in [0.29, 0.717) is 11.3 Å². The molecule has 0 unspecified atom stereocenters. The summed E-state index contributed by atoms with van der Waals surface area (Å²) in [4.78, 5) is 11.2. The van der Waals surface area contributed by atoms with Crippen LogP contribution in [0.3, 0.4) is 0 Å². The van der Waals surface area contributed by atoms with Crippen LogP contribution >= 0.6 is 0 Å². The molecule has 6 heteroatoms. The summed E-state index contributed by atoms with van der Waals surface area (Å²) in [6, 6.07) is 13.7. The van der Waals surface area contributed by atoms with Gasteiger partial charge in [-0.15, -0.1) is 0 Å². The molecule has 132 valence electrons. The Morgan fingerprint density at radius 3 is 2.50 bits per heavy atom. The monoisotopic (exact) mass is 367 g/mol. The highest BCUT2D eigenvalue weighted by Gasteiger charge is 2.21. The van der Waals surface area contributed by atoms with Crippen LogP contribution in [0.25, 0.3) is 10.8 Å². The van der Waals surface area contributed by atoms with Crippen molar-refractivity contribution in [3.8, 4) is 0 Å². The standard InChI is InChI=1S/C20H17NO4S/c1-12-5-9-15(11-17(12)20(22)23)26(24,25)21-18-10-8-14-7-6-13-3-2-4-16(18)19(13)14/h2-5,8-11,21H,6-7H2,1H3,(H,22,23). The number of carboxylic acid groups (broad SMARTS) is 1. The maximum absolute atomic E-state index is 12.8. The maximum Gasteiger partial charge on any atom is 0.335 e. The first-order valence-electron chi connectivity index (χ1n) is 8.27. The van der Waals surface area contributed by atoms with Gasteiger partial charge in [0.15, 0.2) is 0 Å². The Balaban J connectivity index is 1.80. The van der Waals surface area contributed by atoms with Gasteiger partial charge in [-0.05, 0) is 60.0 Å². The Bertz CT molecular complexity index is 1160. The van der Waals surface area contributed by atoms with Crippen molar-refractivity contribution in [2.75, 3.05) is 4.72 Å². The first-order chi connectivity index (χ1) is 12.4. The molecule has 4 rings (SSSR count). The van der Waals surface area contributed by atoms with Crippen LogP contribution in [0.15, 0.2) is 53.4 Å². The summed E-state index contributed by atoms with van der Waals surface area (Å²) in [7, 11) is -3.90. The highest BCUT2D eigenvalue weighted by Crippen LogP contribution is 2.35. The molecule has 2 N–H and O–H groups in total. The van der Waals surface area contributed by atoms with Crippen LogP contribution in [0.4, 0.5) is 5.69 Å². The minimum absolute atomic E-state index is 0.0201. The molecule has 3 aromatic carbocycles. The first kappa shape index (κ1) is 16.6. The van der Waals surface area contributed by atoms with Crippen LogP contribution in [0.5, 0.6) is 0 Å². The fourth-order valence-corrected chi connectivity index (χ4v) is 4.64. The second-order valence-corrected chi connectivity index (χ2v) is 8.18. The van der Waals surface area contributed by atoms with Gasteiger partial charge in [0.1, 0.15) is 0 Å². The van der Waals surface area contributed by atoms with Crippen LogP contribution in [0, 0.1) is 6.92 Å². The van der Waals surface area contributed by atoms with E-state index in [4.69, 9.17) is 0 Å². The lowest BCUT2D eigenvalue weighted by molar-refractivity contribution is 0.0696. The van der Waals surface area contributed by atoms with E-state index in [0.717, 1.165) is 23.6 Å². The fourth-order valence-electron chi connectivity index (χ4n) is 3.54. The van der Waals surface area contributed by atoms with Gasteiger partial charge in [0, 0.05) is 5.39 Å². The summed E-state index contributed by atoms with van der Waals surface area (Å²) in [5.74, 6) is -1.15. The van der Waals surface area contributed by atoms with Crippen LogP contribution in [0.2, 0.25) is 0 Å². The van der Waals surface area contributed by atoms with Gasteiger partial charge in [0.05, 0.1) is 16.1 Å². The molecule has 0 amide bonds. The first-order valence-corrected chi connectivity index (χ1v) is 9.75. The number of rotatable bonds is 4. The summed E-state index contributed by atoms with van der Waals surface area (Å²) in [5, 5.41) is 11.2. The fraction of sp³-hybridized carbons (Fsp3) is 0.150. The lowest BCUT2D eigenvalue weighted by Gasteiger charge is -2.13. The molecule has 0 bridgehead atoms. The molecule has 1 aliphatic carbocycles. The summed E-state index contributed by atoms with van der Waals surface area (Å²) in [5.41, 5.74) is 3.45. The highest BCUT2D eigenvalue weighted by molar-refractivity contribution is 7.92. The molecule has 0 fully saturated rings. The molecule has 0 saturated carbocycles. The number of benzene rings is 3. The Labute approximate surface area is 151 Å². The zero-order valence-electron chi connectivity index (χ0n) is 14.1. The van der Waals surface area contributed by atoms with Crippen molar-refractivity contribution in [2.24, 2.45) is 0 Å². The Morgan fingerprint density at radius 1 is 1.04 bits per heavy atom. The van der Waals surface area contributed by atoms with E-state index in [1.165, 1.54) is 29.3 Å². The third-order valence-electron chi connectivity index (χ3n) is 4.87. The van der Waals surface area contributed by atoms with Crippen molar-refractivity contribution in [3.05, 3.63) is 70.8 Å². The average Bonchev–Trinajstić information content (AvgIpc) is 3.02. The van der Waals surface area contributed by atoms with Crippen LogP contribution < -0.4 is 4.72 Å². The predicted molar refractivity (Wildman–Crippen MR) is 100 cm³/mol. The number of carbonyl (C=O) groups is 1. The van der Waals surface area contributed by atoms with Crippen LogP contribution in [0.1, 0.15) is 27.0 Å². The predicted octanol–water partition coefficient (Wildman–Crippen LogP) is 3.75. The van der Waals surface area contributed by atoms with E-state index < -0.39 is 16.0 Å². The Kier molecular flexibility index (Phi) is 3.73. The quantitative estimate of drug-likeness (QED) is 0.736. The molecule has 0 atom stereocenters. The van der Waals surface area contributed by atoms with Crippen LogP contribution in [-0.2, 0) is 22.9 Å². The second-order valence-electron chi connectivity index (χ2n) is 6.50.